The van der Waals surface area contributed by atoms with Crippen LogP contribution in [0.4, 0.5) is 14.5 Å². The number of carbonyl (C=O) groups excluding carboxylic acids is 2. The summed E-state index contributed by atoms with van der Waals surface area (Å²) in [4.78, 5) is 25.0. The van der Waals surface area contributed by atoms with Crippen molar-refractivity contribution < 1.29 is 18.4 Å². The van der Waals surface area contributed by atoms with E-state index in [1.807, 2.05) is 0 Å². The summed E-state index contributed by atoms with van der Waals surface area (Å²) >= 11 is 0. The fourth-order valence-electron chi connectivity index (χ4n) is 2.01. The Morgan fingerprint density at radius 1 is 1.13 bits per heavy atom. The maximum atomic E-state index is 13.7. The van der Waals surface area contributed by atoms with Crippen molar-refractivity contribution in [3.63, 3.8) is 0 Å². The molecule has 2 aromatic rings. The third-order valence-electron chi connectivity index (χ3n) is 3.39. The minimum atomic E-state index is -0.930. The molecule has 0 bridgehead atoms. The van der Waals surface area contributed by atoms with Crippen LogP contribution >= 0.6 is 0 Å². The zero-order chi connectivity index (χ0) is 17.0. The average Bonchev–Trinajstić information content (AvgIpc) is 2.48. The molecule has 120 valence electrons. The van der Waals surface area contributed by atoms with Gasteiger partial charge in [-0.1, -0.05) is 18.2 Å². The maximum Gasteiger partial charge on any atom is 0.258 e. The van der Waals surface area contributed by atoms with Crippen molar-refractivity contribution in [3.05, 3.63) is 65.2 Å². The molecule has 0 aromatic heterocycles. The molecule has 2 amide bonds. The molecule has 4 nitrogen and oxygen atoms in total. The van der Waals surface area contributed by atoms with Crippen LogP contribution in [-0.2, 0) is 11.3 Å². The predicted molar refractivity (Wildman–Crippen MR) is 82.9 cm³/mol. The number of nitrogens with zero attached hydrogens (tertiary/aromatic N) is 1. The summed E-state index contributed by atoms with van der Waals surface area (Å²) < 4.78 is 26.6. The molecule has 0 fully saturated rings. The quantitative estimate of drug-likeness (QED) is 0.941. The normalized spacial score (nSPS) is 10.3. The van der Waals surface area contributed by atoms with Crippen LogP contribution in [0.5, 0.6) is 0 Å². The van der Waals surface area contributed by atoms with Gasteiger partial charge in [0.2, 0.25) is 5.91 Å². The van der Waals surface area contributed by atoms with E-state index in [0.717, 1.165) is 12.1 Å². The maximum absolute atomic E-state index is 13.7. The van der Waals surface area contributed by atoms with E-state index in [-0.39, 0.29) is 11.5 Å². The second-order valence-corrected chi connectivity index (χ2v) is 5.11. The Hall–Kier alpha value is -2.76. The number of benzene rings is 2. The number of hydrogen-bond acceptors (Lipinski definition) is 2. The van der Waals surface area contributed by atoms with E-state index in [4.69, 9.17) is 0 Å². The largest absolute Gasteiger partial charge is 0.342 e. The van der Waals surface area contributed by atoms with Gasteiger partial charge in [-0.3, -0.25) is 9.59 Å². The van der Waals surface area contributed by atoms with Crippen molar-refractivity contribution in [2.24, 2.45) is 0 Å². The van der Waals surface area contributed by atoms with Gasteiger partial charge in [-0.05, 0) is 23.8 Å². The van der Waals surface area contributed by atoms with Crippen LogP contribution in [0.15, 0.2) is 42.5 Å². The van der Waals surface area contributed by atoms with E-state index < -0.39 is 17.5 Å². The van der Waals surface area contributed by atoms with Gasteiger partial charge in [-0.25, -0.2) is 8.78 Å². The summed E-state index contributed by atoms with van der Waals surface area (Å²) in [5, 5.41) is 2.59. The molecule has 0 radical (unpaired) electrons. The lowest BCUT2D eigenvalue weighted by atomic mass is 10.1. The zero-order valence-corrected chi connectivity index (χ0v) is 12.8. The Labute approximate surface area is 132 Å². The minimum absolute atomic E-state index is 0.115. The number of hydrogen-bond donors (Lipinski definition) is 1. The van der Waals surface area contributed by atoms with Crippen LogP contribution in [0.2, 0.25) is 0 Å². The van der Waals surface area contributed by atoms with E-state index >= 15 is 0 Å². The number of para-hydroxylation sites is 1. The van der Waals surface area contributed by atoms with Crippen molar-refractivity contribution in [1.82, 2.24) is 4.90 Å². The third kappa shape index (κ3) is 4.12. The van der Waals surface area contributed by atoms with Gasteiger partial charge in [0.25, 0.3) is 5.91 Å². The summed E-state index contributed by atoms with van der Waals surface area (Å²) in [6, 6.07) is 9.67. The molecule has 0 saturated carbocycles. The monoisotopic (exact) mass is 318 g/mol. The highest BCUT2D eigenvalue weighted by molar-refractivity contribution is 6.04. The number of amides is 2. The molecule has 23 heavy (non-hydrogen) atoms. The summed E-state index contributed by atoms with van der Waals surface area (Å²) in [6.07, 6.45) is 0. The van der Waals surface area contributed by atoms with Gasteiger partial charge in [-0.2, -0.15) is 0 Å². The molecule has 0 heterocycles. The van der Waals surface area contributed by atoms with E-state index in [0.29, 0.717) is 23.9 Å². The molecule has 0 saturated heterocycles. The van der Waals surface area contributed by atoms with Gasteiger partial charge in [0.1, 0.15) is 11.6 Å². The fraction of sp³-hybridized carbons (Fsp3) is 0.176. The second-order valence-electron chi connectivity index (χ2n) is 5.11. The molecular formula is C17H16F2N2O2. The highest BCUT2D eigenvalue weighted by atomic mass is 19.1. The number of halogens is 2. The molecule has 6 heteroatoms. The molecular weight excluding hydrogens is 302 g/mol. The first-order valence-corrected chi connectivity index (χ1v) is 6.94. The number of anilines is 1. The lowest BCUT2D eigenvalue weighted by Gasteiger charge is -2.18. The summed E-state index contributed by atoms with van der Waals surface area (Å²) in [7, 11) is 1.64. The smallest absolute Gasteiger partial charge is 0.258 e. The van der Waals surface area contributed by atoms with Gasteiger partial charge in [0.05, 0.1) is 5.56 Å². The molecule has 1 N–H and O–H groups in total. The molecule has 2 aromatic carbocycles. The summed E-state index contributed by atoms with van der Waals surface area (Å²) in [5.41, 5.74) is 0.927. The number of nitrogens with one attached hydrogen (secondary N) is 1. The number of rotatable bonds is 4. The van der Waals surface area contributed by atoms with Gasteiger partial charge >= 0.3 is 0 Å². The fourth-order valence-corrected chi connectivity index (χ4v) is 2.01. The van der Waals surface area contributed by atoms with E-state index in [1.54, 1.807) is 31.3 Å². The molecule has 0 aliphatic carbocycles. The van der Waals surface area contributed by atoms with Gasteiger partial charge in [-0.15, -0.1) is 0 Å². The Kier molecular flexibility index (Phi) is 5.05. The van der Waals surface area contributed by atoms with Crippen LogP contribution in [-0.4, -0.2) is 23.8 Å². The molecule has 0 aliphatic heterocycles. The summed E-state index contributed by atoms with van der Waals surface area (Å²) in [6.45, 7) is 1.74. The second kappa shape index (κ2) is 7.00. The van der Waals surface area contributed by atoms with Crippen molar-refractivity contribution in [1.29, 1.82) is 0 Å². The minimum Gasteiger partial charge on any atom is -0.342 e. The van der Waals surface area contributed by atoms with Crippen LogP contribution in [0.25, 0.3) is 0 Å². The van der Waals surface area contributed by atoms with Crippen molar-refractivity contribution in [3.8, 4) is 0 Å². The molecule has 0 spiro atoms. The standard InChI is InChI=1S/C17H16F2N2O2/c1-11(22)21(2)10-12-5-3-4-6-16(12)20-17(23)14-8-7-13(18)9-15(14)19/h3-9H,10H2,1-2H3,(H,20,23). The van der Waals surface area contributed by atoms with Crippen LogP contribution < -0.4 is 5.32 Å². The zero-order valence-electron chi connectivity index (χ0n) is 12.8. The average molecular weight is 318 g/mol. The van der Waals surface area contributed by atoms with Crippen LogP contribution in [0, 0.1) is 11.6 Å². The van der Waals surface area contributed by atoms with Gasteiger partial charge in [0, 0.05) is 32.3 Å². The first-order chi connectivity index (χ1) is 10.9. The van der Waals surface area contributed by atoms with E-state index in [2.05, 4.69) is 5.32 Å². The van der Waals surface area contributed by atoms with Crippen molar-refractivity contribution in [2.75, 3.05) is 12.4 Å². The van der Waals surface area contributed by atoms with Gasteiger partial charge < -0.3 is 10.2 Å². The highest BCUT2D eigenvalue weighted by Gasteiger charge is 2.15. The van der Waals surface area contributed by atoms with Crippen molar-refractivity contribution >= 4 is 17.5 Å². The third-order valence-corrected chi connectivity index (χ3v) is 3.39. The Morgan fingerprint density at radius 3 is 2.48 bits per heavy atom. The molecule has 0 aliphatic rings. The summed E-state index contributed by atoms with van der Waals surface area (Å²) in [5.74, 6) is -2.47. The van der Waals surface area contributed by atoms with Crippen molar-refractivity contribution in [2.45, 2.75) is 13.5 Å². The van der Waals surface area contributed by atoms with E-state index in [1.165, 1.54) is 11.8 Å². The first kappa shape index (κ1) is 16.6. The Bertz CT molecular complexity index is 747. The molecule has 2 rings (SSSR count). The van der Waals surface area contributed by atoms with Gasteiger partial charge in [0.15, 0.2) is 0 Å². The Balaban J connectivity index is 2.22. The SMILES string of the molecule is CC(=O)N(C)Cc1ccccc1NC(=O)c1ccc(F)cc1F. The highest BCUT2D eigenvalue weighted by Crippen LogP contribution is 2.19. The number of carbonyl (C=O) groups is 2. The lowest BCUT2D eigenvalue weighted by molar-refractivity contribution is -0.128. The topological polar surface area (TPSA) is 49.4 Å². The van der Waals surface area contributed by atoms with E-state index in [9.17, 15) is 18.4 Å². The van der Waals surface area contributed by atoms with Crippen LogP contribution in [0.3, 0.4) is 0 Å². The predicted octanol–water partition coefficient (Wildman–Crippen LogP) is 3.20. The Morgan fingerprint density at radius 2 is 1.83 bits per heavy atom. The molecule has 0 unspecified atom stereocenters. The first-order valence-electron chi connectivity index (χ1n) is 6.94. The lowest BCUT2D eigenvalue weighted by Crippen LogP contribution is -2.24. The molecule has 0 atom stereocenters. The van der Waals surface area contributed by atoms with Crippen LogP contribution in [0.1, 0.15) is 22.8 Å².